The van der Waals surface area contributed by atoms with Gasteiger partial charge in [0.2, 0.25) is 18.2 Å². The van der Waals surface area contributed by atoms with Crippen molar-refractivity contribution in [2.24, 2.45) is 0 Å². The van der Waals surface area contributed by atoms with Crippen molar-refractivity contribution in [2.45, 2.75) is 62.5 Å². The number of esters is 3. The third-order valence-corrected chi connectivity index (χ3v) is 7.33. The van der Waals surface area contributed by atoms with E-state index < -0.39 is 67.1 Å². The molecule has 0 unspecified atom stereocenters. The van der Waals surface area contributed by atoms with Gasteiger partial charge in [0, 0.05) is 0 Å². The molecule has 5 rings (SSSR count). The molecule has 0 bridgehead atoms. The van der Waals surface area contributed by atoms with Crippen LogP contribution in [0, 0.1) is 0 Å². The molecule has 1 saturated heterocycles. The Morgan fingerprint density at radius 2 is 1.23 bits per heavy atom. The number of ether oxygens (including phenoxy) is 5. The van der Waals surface area contributed by atoms with Gasteiger partial charge in [-0.3, -0.25) is 4.79 Å². The maximum absolute atomic E-state index is 13.8. The van der Waals surface area contributed by atoms with E-state index >= 15 is 0 Å². The molecule has 10 nitrogen and oxygen atoms in total. The lowest BCUT2D eigenvalue weighted by molar-refractivity contribution is -0.258. The predicted octanol–water partition coefficient (Wildman–Crippen LogP) is 3.91. The predicted molar refractivity (Wildman–Crippen MR) is 151 cm³/mol. The van der Waals surface area contributed by atoms with E-state index in [9.17, 15) is 24.3 Å². The monoisotopic (exact) mass is 588 g/mol. The van der Waals surface area contributed by atoms with Crippen LogP contribution in [0.5, 0.6) is 0 Å². The quantitative estimate of drug-likeness (QED) is 0.290. The van der Waals surface area contributed by atoms with Crippen LogP contribution in [-0.4, -0.2) is 72.2 Å². The molecule has 1 aliphatic carbocycles. The van der Waals surface area contributed by atoms with Crippen LogP contribution in [0.2, 0.25) is 0 Å². The fourth-order valence-electron chi connectivity index (χ4n) is 5.02. The molecular weight excluding hydrogens is 556 g/mol. The van der Waals surface area contributed by atoms with E-state index in [0.717, 1.165) is 12.8 Å². The Bertz CT molecular complexity index is 1390. The number of carbonyl (C=O) groups excluding carboxylic acids is 4. The van der Waals surface area contributed by atoms with Crippen LogP contribution in [0.4, 0.5) is 0 Å². The topological polar surface area (TPSA) is 135 Å². The van der Waals surface area contributed by atoms with Crippen LogP contribution in [0.1, 0.15) is 56.8 Å². The van der Waals surface area contributed by atoms with E-state index in [0.29, 0.717) is 12.8 Å². The number of aliphatic hydroxyl groups is 1. The minimum Gasteiger partial charge on any atom is -0.459 e. The van der Waals surface area contributed by atoms with Crippen molar-refractivity contribution >= 4 is 23.7 Å². The number of hydrogen-bond acceptors (Lipinski definition) is 10. The van der Waals surface area contributed by atoms with Gasteiger partial charge in [0.05, 0.1) is 28.9 Å². The van der Waals surface area contributed by atoms with Crippen LogP contribution in [0.15, 0.2) is 91.0 Å². The number of benzene rings is 3. The lowest BCUT2D eigenvalue weighted by Gasteiger charge is -2.40. The van der Waals surface area contributed by atoms with Gasteiger partial charge in [-0.15, -0.1) is 0 Å². The van der Waals surface area contributed by atoms with Crippen molar-refractivity contribution in [2.75, 3.05) is 6.61 Å². The highest BCUT2D eigenvalue weighted by atomic mass is 16.7. The van der Waals surface area contributed by atoms with Gasteiger partial charge in [-0.1, -0.05) is 67.4 Å². The Balaban J connectivity index is 1.45. The second-order valence-corrected chi connectivity index (χ2v) is 10.3. The molecule has 10 heteroatoms. The lowest BCUT2D eigenvalue weighted by Crippen LogP contribution is -2.61. The Kier molecular flexibility index (Phi) is 9.93. The minimum atomic E-state index is -1.67. The largest absolute Gasteiger partial charge is 0.459 e. The van der Waals surface area contributed by atoms with Crippen molar-refractivity contribution < 1.29 is 48.0 Å². The number of rotatable bonds is 9. The van der Waals surface area contributed by atoms with E-state index in [4.69, 9.17) is 23.7 Å². The molecule has 3 aromatic carbocycles. The molecule has 2 fully saturated rings. The van der Waals surface area contributed by atoms with E-state index in [2.05, 4.69) is 0 Å². The Labute approximate surface area is 248 Å². The average molecular weight is 589 g/mol. The van der Waals surface area contributed by atoms with Gasteiger partial charge in [-0.2, -0.15) is 0 Å². The Hall–Kier alpha value is -4.38. The standard InChI is InChI=1S/C33H32O10/c34-24-18-10-11-19-25(24)40-33-27(35)29(43-32(38)23-16-8-3-9-17-23)28(42-31(37)22-14-6-2-7-15-22)26(41-33)20-39-30(36)21-12-4-1-5-13-21/h1-9,12-17,24-26,28-29,33-34H,10-11,18-20H2/t24-,25+,26+,28+,29+,33+/m0/s1. The van der Waals surface area contributed by atoms with Crippen molar-refractivity contribution in [3.63, 3.8) is 0 Å². The van der Waals surface area contributed by atoms with E-state index in [1.54, 1.807) is 66.7 Å². The Morgan fingerprint density at radius 3 is 1.79 bits per heavy atom. The summed E-state index contributed by atoms with van der Waals surface area (Å²) >= 11 is 0. The van der Waals surface area contributed by atoms with Crippen molar-refractivity contribution in [1.29, 1.82) is 0 Å². The van der Waals surface area contributed by atoms with Gasteiger partial charge in [-0.05, 0) is 49.2 Å². The zero-order valence-electron chi connectivity index (χ0n) is 23.3. The second kappa shape index (κ2) is 14.2. The number of carbonyl (C=O) groups is 4. The molecular formula is C33H32O10. The van der Waals surface area contributed by atoms with Crippen LogP contribution >= 0.6 is 0 Å². The van der Waals surface area contributed by atoms with Gasteiger partial charge >= 0.3 is 17.9 Å². The lowest BCUT2D eigenvalue weighted by atomic mass is 9.94. The summed E-state index contributed by atoms with van der Waals surface area (Å²) < 4.78 is 28.8. The molecule has 0 spiro atoms. The molecule has 43 heavy (non-hydrogen) atoms. The highest BCUT2D eigenvalue weighted by molar-refractivity contribution is 5.95. The van der Waals surface area contributed by atoms with Crippen molar-refractivity contribution in [1.82, 2.24) is 0 Å². The fourth-order valence-corrected chi connectivity index (χ4v) is 5.02. The van der Waals surface area contributed by atoms with Crippen molar-refractivity contribution in [3.8, 4) is 0 Å². The fraction of sp³-hybridized carbons (Fsp3) is 0.333. The summed E-state index contributed by atoms with van der Waals surface area (Å²) in [4.78, 5) is 52.9. The molecule has 0 radical (unpaired) electrons. The van der Waals surface area contributed by atoms with E-state index in [1.165, 1.54) is 24.3 Å². The summed E-state index contributed by atoms with van der Waals surface area (Å²) in [5.41, 5.74) is 0.631. The first-order valence-corrected chi connectivity index (χ1v) is 14.2. The molecule has 1 N–H and O–H groups in total. The molecule has 0 amide bonds. The first-order valence-electron chi connectivity index (χ1n) is 14.2. The summed E-state index contributed by atoms with van der Waals surface area (Å²) in [5.74, 6) is -3.12. The number of aliphatic hydroxyl groups excluding tert-OH is 1. The Morgan fingerprint density at radius 1 is 0.721 bits per heavy atom. The maximum Gasteiger partial charge on any atom is 0.338 e. The molecule has 6 atom stereocenters. The zero-order valence-corrected chi connectivity index (χ0v) is 23.3. The highest BCUT2D eigenvalue weighted by Gasteiger charge is 2.52. The van der Waals surface area contributed by atoms with Crippen LogP contribution in [0.3, 0.4) is 0 Å². The first-order chi connectivity index (χ1) is 20.9. The van der Waals surface area contributed by atoms with Gasteiger partial charge in [-0.25, -0.2) is 14.4 Å². The second-order valence-electron chi connectivity index (χ2n) is 10.3. The molecule has 1 aliphatic heterocycles. The molecule has 1 heterocycles. The summed E-state index contributed by atoms with van der Waals surface area (Å²) in [6.07, 6.45) is -4.96. The maximum atomic E-state index is 13.8. The van der Waals surface area contributed by atoms with Gasteiger partial charge < -0.3 is 28.8 Å². The van der Waals surface area contributed by atoms with Gasteiger partial charge in [0.15, 0.2) is 6.10 Å². The highest BCUT2D eigenvalue weighted by Crippen LogP contribution is 2.30. The molecule has 1 saturated carbocycles. The zero-order chi connectivity index (χ0) is 30.2. The SMILES string of the molecule is O=C(OC[C@H]1O[C@@H](O[C@@H]2CCCC[C@@H]2O)C(=O)[C@@H](OC(=O)c2ccccc2)[C@@H]1OC(=O)c1ccccc1)c1ccccc1. The molecule has 224 valence electrons. The molecule has 3 aromatic rings. The van der Waals surface area contributed by atoms with E-state index in [-0.39, 0.29) is 16.7 Å². The summed E-state index contributed by atoms with van der Waals surface area (Å²) in [5, 5.41) is 10.5. The third-order valence-electron chi connectivity index (χ3n) is 7.33. The first kappa shape index (κ1) is 30.1. The van der Waals surface area contributed by atoms with Crippen LogP contribution < -0.4 is 0 Å². The normalized spacial score (nSPS) is 25.4. The third kappa shape index (κ3) is 7.53. The molecule has 0 aromatic heterocycles. The number of Topliss-reactive ketones (excluding diaryl/α,β-unsaturated/α-hetero) is 1. The minimum absolute atomic E-state index is 0.169. The van der Waals surface area contributed by atoms with Gasteiger partial charge in [0.1, 0.15) is 12.7 Å². The van der Waals surface area contributed by atoms with Crippen molar-refractivity contribution in [3.05, 3.63) is 108 Å². The smallest absolute Gasteiger partial charge is 0.338 e. The van der Waals surface area contributed by atoms with E-state index in [1.807, 2.05) is 0 Å². The summed E-state index contributed by atoms with van der Waals surface area (Å²) in [6.45, 7) is -0.458. The number of ketones is 1. The molecule has 2 aliphatic rings. The van der Waals surface area contributed by atoms with Crippen LogP contribution in [0.25, 0.3) is 0 Å². The van der Waals surface area contributed by atoms with Crippen LogP contribution in [-0.2, 0) is 28.5 Å². The van der Waals surface area contributed by atoms with Gasteiger partial charge in [0.25, 0.3) is 0 Å². The average Bonchev–Trinajstić information content (AvgIpc) is 3.05. The summed E-state index contributed by atoms with van der Waals surface area (Å²) in [6, 6.07) is 24.3. The number of hydrogen-bond donors (Lipinski definition) is 1. The summed E-state index contributed by atoms with van der Waals surface area (Å²) in [7, 11) is 0.